The number of nitrogens with zero attached hydrogens (tertiary/aromatic N) is 2. The molecule has 2 heterocycles. The maximum Gasteiger partial charge on any atom is 0.341 e. The van der Waals surface area contributed by atoms with Crippen LogP contribution in [0.4, 0.5) is 0 Å². The molecule has 2 aromatic heterocycles. The number of aromatic nitrogens is 2. The maximum atomic E-state index is 12.0. The number of nitrogens with one attached hydrogen (secondary N) is 1. The smallest absolute Gasteiger partial charge is 0.341 e. The van der Waals surface area contributed by atoms with Gasteiger partial charge in [-0.05, 0) is 18.2 Å². The molecule has 0 aliphatic heterocycles. The molecule has 0 fully saturated rings. The topological polar surface area (TPSA) is 81.9 Å². The molecule has 0 aliphatic rings. The van der Waals surface area contributed by atoms with Gasteiger partial charge in [-0.25, -0.2) is 9.78 Å². The van der Waals surface area contributed by atoms with Crippen LogP contribution in [0.1, 0.15) is 20.7 Å². The van der Waals surface area contributed by atoms with Gasteiger partial charge in [0.05, 0.1) is 30.1 Å². The van der Waals surface area contributed by atoms with Crippen LogP contribution in [-0.4, -0.2) is 42.5 Å². The van der Waals surface area contributed by atoms with Gasteiger partial charge in [-0.3, -0.25) is 9.20 Å². The second-order valence-electron chi connectivity index (χ2n) is 6.05. The summed E-state index contributed by atoms with van der Waals surface area (Å²) in [5.74, 6) is -0.122. The van der Waals surface area contributed by atoms with Crippen LogP contribution in [-0.2, 0) is 4.74 Å². The third-order valence-corrected chi connectivity index (χ3v) is 5.51. The molecule has 7 nitrogen and oxygen atoms in total. The predicted molar refractivity (Wildman–Crippen MR) is 107 cm³/mol. The fraction of sp³-hybridized carbons (Fsp3) is 0.150. The first-order valence-electron chi connectivity index (χ1n) is 8.46. The van der Waals surface area contributed by atoms with E-state index in [4.69, 9.17) is 9.47 Å². The largest absolute Gasteiger partial charge is 0.496 e. The normalized spacial score (nSPS) is 11.0. The molecule has 28 heavy (non-hydrogen) atoms. The molecule has 4 aromatic rings. The number of carbonyl (C=O) groups excluding carboxylic acids is 2. The molecule has 0 bridgehead atoms. The number of hydrogen-bond acceptors (Lipinski definition) is 6. The van der Waals surface area contributed by atoms with Crippen molar-refractivity contribution in [2.24, 2.45) is 0 Å². The Morgan fingerprint density at radius 1 is 1.14 bits per heavy atom. The van der Waals surface area contributed by atoms with E-state index < -0.39 is 5.97 Å². The SMILES string of the molecule is CNC(=O)c1ccc(-c2cn3c(n2)sc2cc(C(=O)OC)c(OC)cc23)cc1. The summed E-state index contributed by atoms with van der Waals surface area (Å²) in [4.78, 5) is 29.2. The number of amides is 1. The molecule has 0 radical (unpaired) electrons. The van der Waals surface area contributed by atoms with Crippen molar-refractivity contribution in [1.29, 1.82) is 0 Å². The van der Waals surface area contributed by atoms with Gasteiger partial charge < -0.3 is 14.8 Å². The lowest BCUT2D eigenvalue weighted by atomic mass is 10.1. The Hall–Kier alpha value is -3.39. The zero-order valence-electron chi connectivity index (χ0n) is 15.5. The lowest BCUT2D eigenvalue weighted by Crippen LogP contribution is -2.17. The lowest BCUT2D eigenvalue weighted by Gasteiger charge is -2.06. The van der Waals surface area contributed by atoms with Gasteiger partial charge in [-0.1, -0.05) is 23.5 Å². The number of benzene rings is 2. The van der Waals surface area contributed by atoms with Crippen molar-refractivity contribution < 1.29 is 19.1 Å². The molecule has 1 N–H and O–H groups in total. The maximum absolute atomic E-state index is 12.0. The average Bonchev–Trinajstić information content (AvgIpc) is 3.29. The summed E-state index contributed by atoms with van der Waals surface area (Å²) < 4.78 is 13.1. The number of methoxy groups -OCH3 is 2. The lowest BCUT2D eigenvalue weighted by molar-refractivity contribution is 0.0597. The Balaban J connectivity index is 1.79. The van der Waals surface area contributed by atoms with Gasteiger partial charge in [0, 0.05) is 30.4 Å². The van der Waals surface area contributed by atoms with E-state index in [-0.39, 0.29) is 5.91 Å². The third-order valence-electron chi connectivity index (χ3n) is 4.49. The molecule has 0 unspecified atom stereocenters. The van der Waals surface area contributed by atoms with E-state index in [1.807, 2.05) is 28.8 Å². The van der Waals surface area contributed by atoms with E-state index >= 15 is 0 Å². The van der Waals surface area contributed by atoms with Gasteiger partial charge in [0.1, 0.15) is 11.3 Å². The Bertz CT molecular complexity index is 1210. The van der Waals surface area contributed by atoms with Gasteiger partial charge >= 0.3 is 5.97 Å². The highest BCUT2D eigenvalue weighted by Gasteiger charge is 2.18. The Kier molecular flexibility index (Phi) is 4.48. The number of imidazole rings is 1. The van der Waals surface area contributed by atoms with Gasteiger partial charge in [-0.15, -0.1) is 0 Å². The van der Waals surface area contributed by atoms with Crippen LogP contribution < -0.4 is 10.1 Å². The van der Waals surface area contributed by atoms with E-state index in [9.17, 15) is 9.59 Å². The fourth-order valence-corrected chi connectivity index (χ4v) is 4.07. The van der Waals surface area contributed by atoms with Crippen molar-refractivity contribution in [2.75, 3.05) is 21.3 Å². The number of hydrogen-bond donors (Lipinski definition) is 1. The average molecular weight is 395 g/mol. The van der Waals surface area contributed by atoms with Gasteiger partial charge in [-0.2, -0.15) is 0 Å². The summed E-state index contributed by atoms with van der Waals surface area (Å²) in [7, 11) is 4.46. The number of ether oxygens (including phenoxy) is 2. The summed E-state index contributed by atoms with van der Waals surface area (Å²) in [5.41, 5.74) is 3.58. The van der Waals surface area contributed by atoms with Crippen molar-refractivity contribution >= 4 is 38.4 Å². The van der Waals surface area contributed by atoms with Crippen LogP contribution in [0.3, 0.4) is 0 Å². The van der Waals surface area contributed by atoms with Crippen molar-refractivity contribution in [1.82, 2.24) is 14.7 Å². The van der Waals surface area contributed by atoms with Crippen molar-refractivity contribution in [3.63, 3.8) is 0 Å². The Morgan fingerprint density at radius 3 is 2.54 bits per heavy atom. The predicted octanol–water partition coefficient (Wildman–Crippen LogP) is 3.37. The van der Waals surface area contributed by atoms with Gasteiger partial charge in [0.25, 0.3) is 5.91 Å². The van der Waals surface area contributed by atoms with Crippen LogP contribution in [0, 0.1) is 0 Å². The van der Waals surface area contributed by atoms with Crippen LogP contribution >= 0.6 is 11.3 Å². The second-order valence-corrected chi connectivity index (χ2v) is 7.06. The summed E-state index contributed by atoms with van der Waals surface area (Å²) in [6.45, 7) is 0. The number of fused-ring (bicyclic) bond motifs is 3. The van der Waals surface area contributed by atoms with Crippen molar-refractivity contribution in [2.45, 2.75) is 0 Å². The zero-order valence-corrected chi connectivity index (χ0v) is 16.3. The van der Waals surface area contributed by atoms with Gasteiger partial charge in [0.15, 0.2) is 4.96 Å². The molecule has 8 heteroatoms. The molecule has 142 valence electrons. The fourth-order valence-electron chi connectivity index (χ4n) is 3.04. The molecule has 2 aromatic carbocycles. The highest BCUT2D eigenvalue weighted by molar-refractivity contribution is 7.23. The monoisotopic (exact) mass is 395 g/mol. The molecule has 0 aliphatic carbocycles. The number of esters is 1. The summed E-state index contributed by atoms with van der Waals surface area (Å²) in [5, 5.41) is 2.60. The first-order valence-corrected chi connectivity index (χ1v) is 9.28. The first kappa shape index (κ1) is 18.0. The van der Waals surface area contributed by atoms with E-state index in [1.165, 1.54) is 25.6 Å². The zero-order chi connectivity index (χ0) is 19.8. The van der Waals surface area contributed by atoms with E-state index in [0.29, 0.717) is 16.9 Å². The summed E-state index contributed by atoms with van der Waals surface area (Å²) in [6.07, 6.45) is 1.93. The van der Waals surface area contributed by atoms with Crippen LogP contribution in [0.2, 0.25) is 0 Å². The molecule has 4 rings (SSSR count). The number of carbonyl (C=O) groups is 2. The standard InChI is InChI=1S/C20H17N3O4S/c1-21-18(24)12-6-4-11(5-7-12)14-10-23-15-9-16(26-2)13(19(25)27-3)8-17(15)28-20(23)22-14/h4-10H,1-3H3,(H,21,24). The number of thiazole rings is 1. The van der Waals surface area contributed by atoms with Gasteiger partial charge in [0.2, 0.25) is 0 Å². The minimum absolute atomic E-state index is 0.128. The highest BCUT2D eigenvalue weighted by atomic mass is 32.1. The highest BCUT2D eigenvalue weighted by Crippen LogP contribution is 2.34. The van der Waals surface area contributed by atoms with Crippen molar-refractivity contribution in [3.05, 3.63) is 53.7 Å². The summed E-state index contributed by atoms with van der Waals surface area (Å²) in [6, 6.07) is 10.9. The Morgan fingerprint density at radius 2 is 1.89 bits per heavy atom. The van der Waals surface area contributed by atoms with Crippen LogP contribution in [0.25, 0.3) is 26.4 Å². The second kappa shape index (κ2) is 6.97. The minimum Gasteiger partial charge on any atom is -0.496 e. The third kappa shape index (κ3) is 2.87. The molecule has 0 atom stereocenters. The molecule has 0 saturated carbocycles. The minimum atomic E-state index is -0.443. The summed E-state index contributed by atoms with van der Waals surface area (Å²) >= 11 is 1.47. The first-order chi connectivity index (χ1) is 13.5. The number of rotatable bonds is 4. The van der Waals surface area contributed by atoms with Crippen LogP contribution in [0.5, 0.6) is 5.75 Å². The molecular weight excluding hydrogens is 378 g/mol. The Labute approximate surface area is 164 Å². The van der Waals surface area contributed by atoms with Crippen molar-refractivity contribution in [3.8, 4) is 17.0 Å². The molecular formula is C20H17N3O4S. The van der Waals surface area contributed by atoms with Crippen LogP contribution in [0.15, 0.2) is 42.6 Å². The molecule has 1 amide bonds. The molecule has 0 saturated heterocycles. The van der Waals surface area contributed by atoms with E-state index in [0.717, 1.165) is 26.4 Å². The van der Waals surface area contributed by atoms with E-state index in [1.54, 1.807) is 25.2 Å². The molecule has 0 spiro atoms. The quantitative estimate of drug-likeness (QED) is 0.536. The van der Waals surface area contributed by atoms with E-state index in [2.05, 4.69) is 10.3 Å².